The minimum atomic E-state index is -0.101. The highest BCUT2D eigenvalue weighted by Gasteiger charge is 2.24. The highest BCUT2D eigenvalue weighted by atomic mass is 35.5. The van der Waals surface area contributed by atoms with Gasteiger partial charge in [0.1, 0.15) is 5.75 Å². The molecule has 1 fully saturated rings. The van der Waals surface area contributed by atoms with Gasteiger partial charge in [0.05, 0.1) is 6.04 Å². The number of aryl methyl sites for hydroxylation is 2. The molecular weight excluding hydrogens is 368 g/mol. The second-order valence-electron chi connectivity index (χ2n) is 6.74. The predicted molar refractivity (Wildman–Crippen MR) is 107 cm³/mol. The van der Waals surface area contributed by atoms with Crippen LogP contribution in [0.25, 0.3) is 0 Å². The van der Waals surface area contributed by atoms with Crippen LogP contribution in [-0.4, -0.2) is 37.0 Å². The third-order valence-electron chi connectivity index (χ3n) is 4.73. The van der Waals surface area contributed by atoms with Gasteiger partial charge in [0.25, 0.3) is 5.91 Å². The molecule has 1 aromatic carbocycles. The SMILES string of the molecule is Cc1cc(OCC(=O)NC[C@H](c2cccs2)N2CCCC2)cc(C)c1Cl. The van der Waals surface area contributed by atoms with Gasteiger partial charge in [-0.05, 0) is 74.5 Å². The number of amides is 1. The average molecular weight is 393 g/mol. The van der Waals surface area contributed by atoms with E-state index in [1.165, 1.54) is 17.7 Å². The molecule has 0 bridgehead atoms. The van der Waals surface area contributed by atoms with Gasteiger partial charge in [-0.25, -0.2) is 0 Å². The van der Waals surface area contributed by atoms with E-state index in [1.807, 2.05) is 26.0 Å². The average Bonchev–Trinajstić information content (AvgIpc) is 3.32. The Labute approximate surface area is 164 Å². The Morgan fingerprint density at radius 3 is 2.62 bits per heavy atom. The van der Waals surface area contributed by atoms with E-state index in [2.05, 4.69) is 27.7 Å². The number of thiophene rings is 1. The van der Waals surface area contributed by atoms with Crippen molar-refractivity contribution < 1.29 is 9.53 Å². The maximum atomic E-state index is 12.3. The molecule has 6 heteroatoms. The van der Waals surface area contributed by atoms with Crippen LogP contribution in [0.5, 0.6) is 5.75 Å². The minimum absolute atomic E-state index is 0.0116. The van der Waals surface area contributed by atoms with E-state index >= 15 is 0 Å². The zero-order valence-corrected chi connectivity index (χ0v) is 16.8. The van der Waals surface area contributed by atoms with Crippen molar-refractivity contribution in [3.63, 3.8) is 0 Å². The molecule has 0 aliphatic carbocycles. The minimum Gasteiger partial charge on any atom is -0.484 e. The lowest BCUT2D eigenvalue weighted by molar-refractivity contribution is -0.123. The molecule has 0 radical (unpaired) electrons. The van der Waals surface area contributed by atoms with Crippen molar-refractivity contribution in [1.29, 1.82) is 0 Å². The van der Waals surface area contributed by atoms with Gasteiger partial charge in [-0.2, -0.15) is 0 Å². The topological polar surface area (TPSA) is 41.6 Å². The van der Waals surface area contributed by atoms with Crippen LogP contribution in [0.1, 0.15) is 34.9 Å². The summed E-state index contributed by atoms with van der Waals surface area (Å²) in [6, 6.07) is 8.19. The fourth-order valence-electron chi connectivity index (χ4n) is 3.34. The Balaban J connectivity index is 1.54. The number of nitrogens with one attached hydrogen (secondary N) is 1. The number of halogens is 1. The molecule has 1 saturated heterocycles. The van der Waals surface area contributed by atoms with Crippen LogP contribution in [0.2, 0.25) is 5.02 Å². The number of likely N-dealkylation sites (tertiary alicyclic amines) is 1. The van der Waals surface area contributed by atoms with Crippen LogP contribution >= 0.6 is 22.9 Å². The van der Waals surface area contributed by atoms with Crippen LogP contribution in [-0.2, 0) is 4.79 Å². The number of hydrogen-bond donors (Lipinski definition) is 1. The molecule has 0 unspecified atom stereocenters. The molecule has 0 spiro atoms. The molecule has 0 saturated carbocycles. The second kappa shape index (κ2) is 8.89. The fraction of sp³-hybridized carbons (Fsp3) is 0.450. The maximum absolute atomic E-state index is 12.3. The van der Waals surface area contributed by atoms with Gasteiger partial charge >= 0.3 is 0 Å². The van der Waals surface area contributed by atoms with Gasteiger partial charge < -0.3 is 10.1 Å². The molecule has 1 aromatic heterocycles. The molecule has 2 heterocycles. The highest BCUT2D eigenvalue weighted by Crippen LogP contribution is 2.28. The number of rotatable bonds is 7. The van der Waals surface area contributed by atoms with Crippen LogP contribution in [0.15, 0.2) is 29.6 Å². The van der Waals surface area contributed by atoms with Gasteiger partial charge in [0.2, 0.25) is 0 Å². The van der Waals surface area contributed by atoms with E-state index in [0.29, 0.717) is 12.3 Å². The van der Waals surface area contributed by atoms with Crippen molar-refractivity contribution in [2.45, 2.75) is 32.7 Å². The number of carbonyl (C=O) groups is 1. The number of ether oxygens (including phenoxy) is 1. The van der Waals surface area contributed by atoms with E-state index in [4.69, 9.17) is 16.3 Å². The number of hydrogen-bond acceptors (Lipinski definition) is 4. The van der Waals surface area contributed by atoms with E-state index in [-0.39, 0.29) is 18.6 Å². The molecule has 1 amide bonds. The normalized spacial score (nSPS) is 15.8. The Hall–Kier alpha value is -1.56. The van der Waals surface area contributed by atoms with Gasteiger partial charge in [0, 0.05) is 16.4 Å². The van der Waals surface area contributed by atoms with Crippen molar-refractivity contribution in [3.05, 3.63) is 50.7 Å². The molecule has 1 aliphatic rings. The first kappa shape index (κ1) is 19.2. The molecule has 2 aromatic rings. The summed E-state index contributed by atoms with van der Waals surface area (Å²) >= 11 is 7.92. The second-order valence-corrected chi connectivity index (χ2v) is 8.10. The molecule has 26 heavy (non-hydrogen) atoms. The zero-order chi connectivity index (χ0) is 18.5. The number of nitrogens with zero attached hydrogens (tertiary/aromatic N) is 1. The molecule has 1 N–H and O–H groups in total. The van der Waals surface area contributed by atoms with Crippen molar-refractivity contribution in [2.75, 3.05) is 26.2 Å². The predicted octanol–water partition coefficient (Wildman–Crippen LogP) is 4.35. The van der Waals surface area contributed by atoms with Crippen LogP contribution in [0.3, 0.4) is 0 Å². The van der Waals surface area contributed by atoms with E-state index < -0.39 is 0 Å². The van der Waals surface area contributed by atoms with Crippen molar-refractivity contribution in [3.8, 4) is 5.75 Å². The van der Waals surface area contributed by atoms with Crippen molar-refractivity contribution in [1.82, 2.24) is 10.2 Å². The van der Waals surface area contributed by atoms with Crippen LogP contribution < -0.4 is 10.1 Å². The monoisotopic (exact) mass is 392 g/mol. The van der Waals surface area contributed by atoms with E-state index in [9.17, 15) is 4.79 Å². The summed E-state index contributed by atoms with van der Waals surface area (Å²) in [5.41, 5.74) is 1.91. The Bertz CT molecular complexity index is 719. The van der Waals surface area contributed by atoms with Gasteiger partial charge in [-0.15, -0.1) is 11.3 Å². The quantitative estimate of drug-likeness (QED) is 0.761. The smallest absolute Gasteiger partial charge is 0.258 e. The Morgan fingerprint density at radius 1 is 1.31 bits per heavy atom. The fourth-order valence-corrected chi connectivity index (χ4v) is 4.31. The first-order valence-electron chi connectivity index (χ1n) is 8.98. The van der Waals surface area contributed by atoms with Crippen molar-refractivity contribution in [2.24, 2.45) is 0 Å². The standard InChI is InChI=1S/C20H25ClN2O2S/c1-14-10-16(11-15(2)20(14)21)25-13-19(24)22-12-17(18-6-5-9-26-18)23-7-3-4-8-23/h5-6,9-11,17H,3-4,7-8,12-13H2,1-2H3,(H,22,24)/t17-/m1/s1. The Morgan fingerprint density at radius 2 is 2.00 bits per heavy atom. The lowest BCUT2D eigenvalue weighted by atomic mass is 10.1. The summed E-state index contributed by atoms with van der Waals surface area (Å²) in [5.74, 6) is 0.574. The zero-order valence-electron chi connectivity index (χ0n) is 15.3. The number of benzene rings is 1. The van der Waals surface area contributed by atoms with Gasteiger partial charge in [-0.3, -0.25) is 9.69 Å². The summed E-state index contributed by atoms with van der Waals surface area (Å²) < 4.78 is 5.65. The molecule has 4 nitrogen and oxygen atoms in total. The molecule has 1 aliphatic heterocycles. The lowest BCUT2D eigenvalue weighted by Gasteiger charge is -2.26. The van der Waals surface area contributed by atoms with Crippen molar-refractivity contribution >= 4 is 28.8 Å². The molecular formula is C20H25ClN2O2S. The molecule has 140 valence electrons. The maximum Gasteiger partial charge on any atom is 0.258 e. The summed E-state index contributed by atoms with van der Waals surface area (Å²) in [5, 5.41) is 5.87. The molecule has 3 rings (SSSR count). The highest BCUT2D eigenvalue weighted by molar-refractivity contribution is 7.10. The summed E-state index contributed by atoms with van der Waals surface area (Å²) in [7, 11) is 0. The Kier molecular flexibility index (Phi) is 6.57. The largest absolute Gasteiger partial charge is 0.484 e. The third-order valence-corrected chi connectivity index (χ3v) is 6.30. The third kappa shape index (κ3) is 4.78. The lowest BCUT2D eigenvalue weighted by Crippen LogP contribution is -2.38. The summed E-state index contributed by atoms with van der Waals surface area (Å²) in [6.07, 6.45) is 2.46. The van der Waals surface area contributed by atoms with E-state index in [0.717, 1.165) is 29.2 Å². The van der Waals surface area contributed by atoms with Gasteiger partial charge in [-0.1, -0.05) is 17.7 Å². The number of carbonyl (C=O) groups excluding carboxylic acids is 1. The first-order chi connectivity index (χ1) is 12.5. The summed E-state index contributed by atoms with van der Waals surface area (Å²) in [6.45, 7) is 6.68. The van der Waals surface area contributed by atoms with Gasteiger partial charge in [0.15, 0.2) is 6.61 Å². The van der Waals surface area contributed by atoms with E-state index in [1.54, 1.807) is 11.3 Å². The summed E-state index contributed by atoms with van der Waals surface area (Å²) in [4.78, 5) is 16.0. The first-order valence-corrected chi connectivity index (χ1v) is 10.2. The molecule has 1 atom stereocenters. The van der Waals surface area contributed by atoms with Crippen LogP contribution in [0, 0.1) is 13.8 Å². The van der Waals surface area contributed by atoms with Crippen LogP contribution in [0.4, 0.5) is 0 Å².